The van der Waals surface area contributed by atoms with Crippen LogP contribution in [0.1, 0.15) is 38.6 Å². The number of furan rings is 3. The second kappa shape index (κ2) is 46.2. The Balaban J connectivity index is 0.000000193. The van der Waals surface area contributed by atoms with E-state index in [9.17, 15) is 18.9 Å². The second-order valence-electron chi connectivity index (χ2n) is 23.7. The van der Waals surface area contributed by atoms with E-state index in [2.05, 4.69) is 66.0 Å². The Bertz CT molecular complexity index is 4680. The third-order valence-corrected chi connectivity index (χ3v) is 16.1. The average molecular weight is 1600 g/mol. The zero-order valence-corrected chi connectivity index (χ0v) is 64.0. The van der Waals surface area contributed by atoms with Crippen LogP contribution in [-0.2, 0) is 96.0 Å². The van der Waals surface area contributed by atoms with E-state index in [1.54, 1.807) is 144 Å². The first-order valence-corrected chi connectivity index (χ1v) is 37.0. The lowest BCUT2D eigenvalue weighted by Crippen LogP contribution is -2.11. The number of nitrogens with zero attached hydrogens (tertiary/aromatic N) is 15. The Morgan fingerprint density at radius 3 is 1.03 bits per heavy atom. The number of pyridine rings is 3. The topological polar surface area (TPSA) is 459 Å². The summed E-state index contributed by atoms with van der Waals surface area (Å²) in [5, 5.41) is 41.9. The molecule has 39 nitrogen and oxygen atoms in total. The molecule has 0 aliphatic carbocycles. The number of hydrogen-bond acceptors (Lipinski definition) is 27. The molecule has 40 heteroatoms. The Kier molecular flexibility index (Phi) is 35.0. The predicted molar refractivity (Wildman–Crippen MR) is 409 cm³/mol. The van der Waals surface area contributed by atoms with Gasteiger partial charge in [0.2, 0.25) is 0 Å². The molecule has 114 heavy (non-hydrogen) atoms. The first-order chi connectivity index (χ1) is 55.6. The SMILES string of the molecule is CCOCCn1cc(NC(=O)c2ccc(-c3cnn(COP(=O)(O)O)c3)o2)c(-c2ccccn2)n1.COCCOCCn1cc(-c2ccc(C(=O)Nc3cn(CCOCCOC)nc3-c3ccccn3)o2)cn1.COCCOCCn1cc(-c2ccc(C(=O)Nc3cn(CCOCCOC)nc3-c3ccccn3)o2)cn1.O=CO. The molecule has 0 fully saturated rings. The van der Waals surface area contributed by atoms with Gasteiger partial charge >= 0.3 is 7.82 Å². The van der Waals surface area contributed by atoms with E-state index in [1.165, 1.54) is 23.1 Å². The number of methoxy groups -OCH3 is 4. The van der Waals surface area contributed by atoms with Gasteiger partial charge in [-0.25, -0.2) is 9.25 Å². The quantitative estimate of drug-likeness (QED) is 0.0119. The number of amides is 3. The fourth-order valence-corrected chi connectivity index (χ4v) is 10.5. The van der Waals surface area contributed by atoms with Crippen LogP contribution in [0, 0.1) is 0 Å². The molecule has 0 unspecified atom stereocenters. The highest BCUT2D eigenvalue weighted by Crippen LogP contribution is 2.37. The van der Waals surface area contributed by atoms with Crippen molar-refractivity contribution < 1.29 is 99.0 Å². The van der Waals surface area contributed by atoms with E-state index < -0.39 is 32.3 Å². The number of rotatable bonds is 43. The van der Waals surface area contributed by atoms with Crippen molar-refractivity contribution in [2.24, 2.45) is 0 Å². The van der Waals surface area contributed by atoms with Gasteiger partial charge in [0.25, 0.3) is 24.2 Å². The molecule has 3 amide bonds. The lowest BCUT2D eigenvalue weighted by Gasteiger charge is -2.04. The van der Waals surface area contributed by atoms with Gasteiger partial charge in [-0.1, -0.05) is 18.2 Å². The van der Waals surface area contributed by atoms with Crippen LogP contribution in [0.15, 0.2) is 179 Å². The molecule has 0 saturated heterocycles. The maximum Gasteiger partial charge on any atom is 0.471 e. The smallest absolute Gasteiger partial charge is 0.471 e. The Labute approximate surface area is 653 Å². The molecule has 0 aromatic carbocycles. The first kappa shape index (κ1) is 86.2. The largest absolute Gasteiger partial charge is 0.483 e. The molecule has 0 saturated carbocycles. The zero-order chi connectivity index (χ0) is 80.7. The fourth-order valence-electron chi connectivity index (χ4n) is 10.2. The maximum absolute atomic E-state index is 13.1. The van der Waals surface area contributed by atoms with E-state index in [4.69, 9.17) is 75.6 Å². The van der Waals surface area contributed by atoms with Crippen molar-refractivity contribution >= 4 is 49.1 Å². The van der Waals surface area contributed by atoms with Crippen LogP contribution in [0.3, 0.4) is 0 Å². The molecule has 12 aromatic rings. The highest BCUT2D eigenvalue weighted by atomic mass is 31.2. The molecule has 0 atom stereocenters. The van der Waals surface area contributed by atoms with Gasteiger partial charge in [-0.3, -0.25) is 62.1 Å². The minimum absolute atomic E-state index is 0.0493. The van der Waals surface area contributed by atoms with Gasteiger partial charge in [-0.15, -0.1) is 0 Å². The summed E-state index contributed by atoms with van der Waals surface area (Å²) in [7, 11) is 1.90. The molecule has 0 aliphatic heterocycles. The molecule has 12 heterocycles. The molecule has 0 spiro atoms. The van der Waals surface area contributed by atoms with Crippen molar-refractivity contribution in [2.75, 3.05) is 137 Å². The lowest BCUT2D eigenvalue weighted by atomic mass is 10.2. The van der Waals surface area contributed by atoms with Gasteiger partial charge in [0.1, 0.15) is 34.4 Å². The van der Waals surface area contributed by atoms with Crippen LogP contribution in [0.5, 0.6) is 0 Å². The Morgan fingerprint density at radius 2 is 0.728 bits per heavy atom. The van der Waals surface area contributed by atoms with Crippen molar-refractivity contribution in [3.05, 3.63) is 183 Å². The third kappa shape index (κ3) is 27.5. The summed E-state index contributed by atoms with van der Waals surface area (Å²) in [6, 6.07) is 26.3. The van der Waals surface area contributed by atoms with Crippen molar-refractivity contribution in [3.8, 4) is 68.1 Å². The number of carboxylic acid groups (broad SMARTS) is 1. The molecular weight excluding hydrogens is 1510 g/mol. The molecule has 0 aliphatic rings. The van der Waals surface area contributed by atoms with E-state index in [-0.39, 0.29) is 23.8 Å². The zero-order valence-electron chi connectivity index (χ0n) is 63.2. The third-order valence-electron chi connectivity index (χ3n) is 15.6. The van der Waals surface area contributed by atoms with E-state index in [0.29, 0.717) is 199 Å². The van der Waals surface area contributed by atoms with Crippen molar-refractivity contribution in [2.45, 2.75) is 46.4 Å². The maximum atomic E-state index is 13.1. The monoisotopic (exact) mass is 1600 g/mol. The normalized spacial score (nSPS) is 11.1. The fraction of sp³-hybridized carbons (Fsp3) is 0.338. The van der Waals surface area contributed by atoms with Crippen molar-refractivity contribution in [1.82, 2.24) is 73.6 Å². The van der Waals surface area contributed by atoms with Crippen LogP contribution in [0.25, 0.3) is 68.1 Å². The van der Waals surface area contributed by atoms with E-state index in [1.807, 2.05) is 61.8 Å². The number of phosphoric acid groups is 1. The van der Waals surface area contributed by atoms with Gasteiger partial charge in [-0.2, -0.15) is 30.6 Å². The second-order valence-corrected chi connectivity index (χ2v) is 24.9. The summed E-state index contributed by atoms with van der Waals surface area (Å²) in [6.45, 7) is 11.1. The van der Waals surface area contributed by atoms with Crippen LogP contribution in [-0.4, -0.2) is 234 Å². The number of carbonyl (C=O) groups is 4. The molecule has 6 N–H and O–H groups in total. The first-order valence-electron chi connectivity index (χ1n) is 35.5. The van der Waals surface area contributed by atoms with Crippen LogP contribution >= 0.6 is 7.82 Å². The predicted octanol–water partition coefficient (Wildman–Crippen LogP) is 8.42. The van der Waals surface area contributed by atoms with Gasteiger partial charge < -0.3 is 86.7 Å². The number of anilines is 3. The number of aromatic nitrogens is 15. The van der Waals surface area contributed by atoms with Gasteiger partial charge in [0.05, 0.1) is 188 Å². The Hall–Kier alpha value is -11.8. The number of ether oxygens (including phenoxy) is 9. The highest BCUT2D eigenvalue weighted by Gasteiger charge is 2.24. The Morgan fingerprint density at radius 1 is 0.421 bits per heavy atom. The number of carbonyl (C=O) groups excluding carboxylic acids is 3. The summed E-state index contributed by atoms with van der Waals surface area (Å²) < 4.78 is 89.8. The van der Waals surface area contributed by atoms with Crippen molar-refractivity contribution in [3.63, 3.8) is 0 Å². The summed E-state index contributed by atoms with van der Waals surface area (Å²) in [4.78, 5) is 78.1. The molecule has 12 rings (SSSR count). The minimum Gasteiger partial charge on any atom is -0.483 e. The van der Waals surface area contributed by atoms with Crippen molar-refractivity contribution in [1.29, 1.82) is 0 Å². The number of nitrogens with one attached hydrogen (secondary N) is 3. The van der Waals surface area contributed by atoms with Gasteiger partial charge in [0, 0.05) is 90.8 Å². The lowest BCUT2D eigenvalue weighted by molar-refractivity contribution is -0.122. The molecule has 0 bridgehead atoms. The summed E-state index contributed by atoms with van der Waals surface area (Å²) in [5.74, 6) is 0.507. The summed E-state index contributed by atoms with van der Waals surface area (Å²) >= 11 is 0. The van der Waals surface area contributed by atoms with Crippen LogP contribution in [0.2, 0.25) is 0 Å². The summed E-state index contributed by atoms with van der Waals surface area (Å²) in [5.41, 5.74) is 7.01. The van der Waals surface area contributed by atoms with Gasteiger partial charge in [-0.05, 0) is 79.7 Å². The number of phosphoric ester groups is 1. The van der Waals surface area contributed by atoms with Crippen LogP contribution in [0.4, 0.5) is 17.1 Å². The standard InChI is InChI=1S/2C26H32N6O6.C21H23N6O7P.CH2O2/c2*1-34-13-15-36-11-9-31-18-20(17-28-31)23-6-7-24(38-23)26(33)29-22-19-32(10-12-37-16-14-35-2)30-25(22)21-5-3-4-8-27-21;1-2-32-10-9-26-13-17(20(25-26)16-5-3-4-8-22-16)24-21(28)19-7-6-18(34-19)15-11-23-27(12-15)14-33-35(29,30)31;2-1-3/h2*3-8,17-19H,9-16H2,1-2H3,(H,29,33);3-8,11-13H,2,9-10,14H2,1H3,(H,24,28)(H2,29,30,31);1H,(H,2,3). The molecule has 606 valence electrons. The van der Waals surface area contributed by atoms with E-state index >= 15 is 0 Å². The average Bonchev–Trinajstić information content (AvgIpc) is 1.67. The number of hydrogen-bond donors (Lipinski definition) is 6. The molecule has 0 radical (unpaired) electrons. The van der Waals surface area contributed by atoms with Crippen LogP contribution < -0.4 is 16.0 Å². The molecular formula is C74H89N18O21P. The molecule has 12 aromatic heterocycles. The summed E-state index contributed by atoms with van der Waals surface area (Å²) in [6.07, 6.45) is 20.2. The van der Waals surface area contributed by atoms with Gasteiger partial charge in [0.15, 0.2) is 24.0 Å². The highest BCUT2D eigenvalue weighted by molar-refractivity contribution is 7.46. The minimum atomic E-state index is -4.62. The van der Waals surface area contributed by atoms with E-state index in [0.717, 1.165) is 11.1 Å².